The molecule has 2 fully saturated rings. The summed E-state index contributed by atoms with van der Waals surface area (Å²) in [5.74, 6) is 0.510. The quantitative estimate of drug-likeness (QED) is 0.785. The van der Waals surface area contributed by atoms with E-state index in [4.69, 9.17) is 0 Å². The van der Waals surface area contributed by atoms with Gasteiger partial charge in [0.15, 0.2) is 0 Å². The summed E-state index contributed by atoms with van der Waals surface area (Å²) in [6.07, 6.45) is 5.58. The lowest BCUT2D eigenvalue weighted by molar-refractivity contribution is -0.145. The summed E-state index contributed by atoms with van der Waals surface area (Å²) in [4.78, 5) is 30.1. The van der Waals surface area contributed by atoms with Gasteiger partial charge < -0.3 is 4.90 Å². The highest BCUT2D eigenvalue weighted by atomic mass is 16.2. The lowest BCUT2D eigenvalue weighted by atomic mass is 9.89. The van der Waals surface area contributed by atoms with Gasteiger partial charge in [-0.05, 0) is 64.6 Å². The summed E-state index contributed by atoms with van der Waals surface area (Å²) in [5, 5.41) is 0. The fraction of sp³-hybridized carbons (Fsp3) is 0.636. The Kier molecular flexibility index (Phi) is 6.13. The van der Waals surface area contributed by atoms with E-state index in [1.807, 2.05) is 36.9 Å². The number of carbonyl (C=O) groups excluding carboxylic acids is 2. The molecule has 0 spiro atoms. The van der Waals surface area contributed by atoms with Crippen molar-refractivity contribution >= 4 is 11.7 Å². The van der Waals surface area contributed by atoms with Crippen molar-refractivity contribution in [2.75, 3.05) is 26.2 Å². The Morgan fingerprint density at radius 2 is 1.73 bits per heavy atom. The fourth-order valence-corrected chi connectivity index (χ4v) is 4.34. The van der Waals surface area contributed by atoms with Crippen LogP contribution in [0, 0.1) is 5.92 Å². The molecule has 0 aliphatic carbocycles. The summed E-state index contributed by atoms with van der Waals surface area (Å²) < 4.78 is 0. The van der Waals surface area contributed by atoms with Crippen molar-refractivity contribution in [3.05, 3.63) is 35.9 Å². The normalized spacial score (nSPS) is 21.8. The van der Waals surface area contributed by atoms with Crippen LogP contribution in [-0.2, 0) is 16.0 Å². The zero-order chi connectivity index (χ0) is 18.6. The monoisotopic (exact) mass is 356 g/mol. The molecule has 26 heavy (non-hydrogen) atoms. The van der Waals surface area contributed by atoms with Gasteiger partial charge in [0, 0.05) is 25.4 Å². The van der Waals surface area contributed by atoms with E-state index in [9.17, 15) is 9.59 Å². The summed E-state index contributed by atoms with van der Waals surface area (Å²) in [7, 11) is 0. The minimum absolute atomic E-state index is 0.00536. The second-order valence-electron chi connectivity index (χ2n) is 8.30. The Bertz CT molecular complexity index is 620. The number of amides is 1. The van der Waals surface area contributed by atoms with E-state index in [1.54, 1.807) is 0 Å². The van der Waals surface area contributed by atoms with Gasteiger partial charge in [-0.2, -0.15) is 0 Å². The molecule has 3 rings (SSSR count). The average molecular weight is 357 g/mol. The maximum atomic E-state index is 13.1. The van der Waals surface area contributed by atoms with Gasteiger partial charge in [0.1, 0.15) is 5.78 Å². The highest BCUT2D eigenvalue weighted by Crippen LogP contribution is 2.27. The van der Waals surface area contributed by atoms with E-state index in [1.165, 1.54) is 18.4 Å². The van der Waals surface area contributed by atoms with E-state index in [0.717, 1.165) is 38.9 Å². The molecule has 1 amide bonds. The van der Waals surface area contributed by atoms with Crippen molar-refractivity contribution in [1.82, 2.24) is 9.80 Å². The third-order valence-corrected chi connectivity index (χ3v) is 6.09. The molecule has 1 aromatic rings. The Morgan fingerprint density at radius 3 is 2.42 bits per heavy atom. The van der Waals surface area contributed by atoms with Crippen LogP contribution in [-0.4, -0.2) is 53.2 Å². The Balaban J connectivity index is 1.56. The summed E-state index contributed by atoms with van der Waals surface area (Å²) in [5.41, 5.74) is 0.755. The van der Waals surface area contributed by atoms with Gasteiger partial charge >= 0.3 is 0 Å². The van der Waals surface area contributed by atoms with Crippen LogP contribution >= 0.6 is 0 Å². The largest absolute Gasteiger partial charge is 0.340 e. The molecule has 0 radical (unpaired) electrons. The van der Waals surface area contributed by atoms with Crippen LogP contribution in [0.2, 0.25) is 0 Å². The molecular formula is C22H32N2O2. The fourth-order valence-electron chi connectivity index (χ4n) is 4.34. The summed E-state index contributed by atoms with van der Waals surface area (Å²) >= 11 is 0. The highest BCUT2D eigenvalue weighted by molar-refractivity contribution is 5.87. The number of benzene rings is 1. The van der Waals surface area contributed by atoms with Crippen LogP contribution in [0.5, 0.6) is 0 Å². The summed E-state index contributed by atoms with van der Waals surface area (Å²) in [6.45, 7) is 7.49. The van der Waals surface area contributed by atoms with Crippen LogP contribution in [0.25, 0.3) is 0 Å². The van der Waals surface area contributed by atoms with Crippen LogP contribution in [0.1, 0.15) is 51.5 Å². The standard InChI is InChI=1S/C22H32N2O2/c1-22(2,24-15-6-7-16-24)21(26)23-14-8-11-19(17-23)20(25)13-12-18-9-4-3-5-10-18/h3-5,9-10,19H,6-8,11-17H2,1-2H3/t19-/m1/s1. The third kappa shape index (κ3) is 4.35. The van der Waals surface area contributed by atoms with Gasteiger partial charge in [0.2, 0.25) is 5.91 Å². The van der Waals surface area contributed by atoms with Crippen LogP contribution < -0.4 is 0 Å². The Morgan fingerprint density at radius 1 is 1.04 bits per heavy atom. The van der Waals surface area contributed by atoms with Crippen molar-refractivity contribution in [1.29, 1.82) is 0 Å². The van der Waals surface area contributed by atoms with Crippen molar-refractivity contribution in [3.8, 4) is 0 Å². The predicted octanol–water partition coefficient (Wildman–Crippen LogP) is 3.30. The Hall–Kier alpha value is -1.68. The van der Waals surface area contributed by atoms with Gasteiger partial charge in [-0.3, -0.25) is 14.5 Å². The molecule has 0 N–H and O–H groups in total. The lowest BCUT2D eigenvalue weighted by Gasteiger charge is -2.41. The van der Waals surface area contributed by atoms with Crippen molar-refractivity contribution in [3.63, 3.8) is 0 Å². The van der Waals surface area contributed by atoms with Gasteiger partial charge in [-0.15, -0.1) is 0 Å². The molecule has 0 saturated carbocycles. The number of hydrogen-bond donors (Lipinski definition) is 0. The second-order valence-corrected chi connectivity index (χ2v) is 8.30. The number of rotatable bonds is 6. The molecule has 0 bridgehead atoms. The number of piperidine rings is 1. The van der Waals surface area contributed by atoms with E-state index >= 15 is 0 Å². The first-order chi connectivity index (χ1) is 12.5. The average Bonchev–Trinajstić information content (AvgIpc) is 3.22. The predicted molar refractivity (Wildman–Crippen MR) is 104 cm³/mol. The van der Waals surface area contributed by atoms with Gasteiger partial charge in [-0.1, -0.05) is 30.3 Å². The van der Waals surface area contributed by atoms with Gasteiger partial charge in [0.05, 0.1) is 5.54 Å². The molecule has 2 heterocycles. The maximum Gasteiger partial charge on any atom is 0.242 e. The molecule has 2 saturated heterocycles. The van der Waals surface area contributed by atoms with Crippen molar-refractivity contribution < 1.29 is 9.59 Å². The number of Topliss-reactive ketones (excluding diaryl/α,β-unsaturated/α-hetero) is 1. The van der Waals surface area contributed by atoms with Crippen LogP contribution in [0.4, 0.5) is 0 Å². The molecule has 2 aliphatic heterocycles. The molecule has 4 heteroatoms. The maximum absolute atomic E-state index is 13.1. The third-order valence-electron chi connectivity index (χ3n) is 6.09. The Labute approximate surface area is 157 Å². The van der Waals surface area contributed by atoms with Crippen molar-refractivity contribution in [2.45, 2.75) is 57.9 Å². The number of likely N-dealkylation sites (tertiary alicyclic amines) is 2. The first-order valence-electron chi connectivity index (χ1n) is 10.1. The van der Waals surface area contributed by atoms with E-state index in [2.05, 4.69) is 17.0 Å². The molecule has 142 valence electrons. The zero-order valence-electron chi connectivity index (χ0n) is 16.2. The lowest BCUT2D eigenvalue weighted by Crippen LogP contribution is -2.57. The number of ketones is 1. The number of hydrogen-bond acceptors (Lipinski definition) is 3. The van der Waals surface area contributed by atoms with E-state index in [0.29, 0.717) is 18.7 Å². The van der Waals surface area contributed by atoms with Gasteiger partial charge in [0.25, 0.3) is 0 Å². The molecule has 1 aromatic carbocycles. The molecular weight excluding hydrogens is 324 g/mol. The minimum atomic E-state index is -0.453. The van der Waals surface area contributed by atoms with Gasteiger partial charge in [-0.25, -0.2) is 0 Å². The minimum Gasteiger partial charge on any atom is -0.340 e. The first kappa shape index (κ1) is 19.1. The highest BCUT2D eigenvalue weighted by Gasteiger charge is 2.40. The smallest absolute Gasteiger partial charge is 0.242 e. The summed E-state index contributed by atoms with van der Waals surface area (Å²) in [6, 6.07) is 10.2. The van der Waals surface area contributed by atoms with E-state index in [-0.39, 0.29) is 11.8 Å². The first-order valence-corrected chi connectivity index (χ1v) is 10.1. The van der Waals surface area contributed by atoms with Crippen LogP contribution in [0.15, 0.2) is 30.3 Å². The topological polar surface area (TPSA) is 40.6 Å². The second kappa shape index (κ2) is 8.34. The molecule has 0 aromatic heterocycles. The molecule has 1 atom stereocenters. The molecule has 2 aliphatic rings. The van der Waals surface area contributed by atoms with E-state index < -0.39 is 5.54 Å². The SMILES string of the molecule is CC(C)(C(=O)N1CCC[C@@H](C(=O)CCc2ccccc2)C1)N1CCCC1. The number of aryl methyl sites for hydroxylation is 1. The van der Waals surface area contributed by atoms with Crippen LogP contribution in [0.3, 0.4) is 0 Å². The number of nitrogens with zero attached hydrogens (tertiary/aromatic N) is 2. The number of carbonyl (C=O) groups is 2. The zero-order valence-corrected chi connectivity index (χ0v) is 16.2. The molecule has 0 unspecified atom stereocenters. The molecule has 4 nitrogen and oxygen atoms in total. The van der Waals surface area contributed by atoms with Crippen molar-refractivity contribution in [2.24, 2.45) is 5.92 Å².